The first-order valence-electron chi connectivity index (χ1n) is 8.18. The Morgan fingerprint density at radius 3 is 2.75 bits per heavy atom. The van der Waals surface area contributed by atoms with Crippen LogP contribution in [0.4, 0.5) is 0 Å². The van der Waals surface area contributed by atoms with Crippen molar-refractivity contribution in [3.8, 4) is 0 Å². The van der Waals surface area contributed by atoms with Crippen LogP contribution in [0.25, 0.3) is 0 Å². The Morgan fingerprint density at radius 1 is 1.29 bits per heavy atom. The molecule has 8 heteroatoms. The standard InChI is InChI=1S/C16H31N5O2.HI/c1-14(2)13-21-8-7-18-15(21)12-20-16(17-3)19-6-5-9-23-11-10-22-4;/h7-8,14H,5-6,9-13H2,1-4H3,(H2,17,19,20);1H. The molecule has 1 rings (SSSR count). The molecule has 0 aromatic carbocycles. The lowest BCUT2D eigenvalue weighted by atomic mass is 10.2. The SMILES string of the molecule is CN=C(NCCCOCCOC)NCc1nccn1CC(C)C.I. The summed E-state index contributed by atoms with van der Waals surface area (Å²) in [6, 6.07) is 0. The maximum atomic E-state index is 5.42. The molecule has 0 fully saturated rings. The van der Waals surface area contributed by atoms with Crippen LogP contribution in [0.2, 0.25) is 0 Å². The van der Waals surface area contributed by atoms with Crippen molar-refractivity contribution in [2.45, 2.75) is 33.4 Å². The van der Waals surface area contributed by atoms with E-state index >= 15 is 0 Å². The average Bonchev–Trinajstić information content (AvgIpc) is 2.95. The number of aromatic nitrogens is 2. The van der Waals surface area contributed by atoms with Gasteiger partial charge in [0.05, 0.1) is 19.8 Å². The predicted molar refractivity (Wildman–Crippen MR) is 108 cm³/mol. The van der Waals surface area contributed by atoms with Crippen LogP contribution in [0.3, 0.4) is 0 Å². The van der Waals surface area contributed by atoms with Crippen molar-refractivity contribution in [1.29, 1.82) is 0 Å². The first-order valence-corrected chi connectivity index (χ1v) is 8.18. The third kappa shape index (κ3) is 10.1. The number of nitrogens with one attached hydrogen (secondary N) is 2. The molecule has 0 bridgehead atoms. The lowest BCUT2D eigenvalue weighted by Gasteiger charge is -2.14. The molecule has 0 saturated carbocycles. The summed E-state index contributed by atoms with van der Waals surface area (Å²) in [5, 5.41) is 6.57. The van der Waals surface area contributed by atoms with E-state index in [9.17, 15) is 0 Å². The third-order valence-electron chi connectivity index (χ3n) is 3.19. The zero-order chi connectivity index (χ0) is 16.9. The number of imidazole rings is 1. The van der Waals surface area contributed by atoms with Crippen molar-refractivity contribution in [3.63, 3.8) is 0 Å². The topological polar surface area (TPSA) is 72.7 Å². The fraction of sp³-hybridized carbons (Fsp3) is 0.750. The minimum absolute atomic E-state index is 0. The molecular weight excluding hydrogens is 421 g/mol. The molecule has 140 valence electrons. The van der Waals surface area contributed by atoms with E-state index in [1.807, 2.05) is 12.4 Å². The summed E-state index contributed by atoms with van der Waals surface area (Å²) in [4.78, 5) is 8.62. The molecule has 0 atom stereocenters. The highest BCUT2D eigenvalue weighted by Crippen LogP contribution is 2.03. The second-order valence-corrected chi connectivity index (χ2v) is 5.70. The quantitative estimate of drug-likeness (QED) is 0.232. The summed E-state index contributed by atoms with van der Waals surface area (Å²) >= 11 is 0. The Morgan fingerprint density at radius 2 is 2.08 bits per heavy atom. The molecule has 0 radical (unpaired) electrons. The minimum atomic E-state index is 0. The number of rotatable bonds is 11. The second kappa shape index (κ2) is 14.5. The Hall–Kier alpha value is -0.870. The number of hydrogen-bond acceptors (Lipinski definition) is 4. The average molecular weight is 453 g/mol. The van der Waals surface area contributed by atoms with Gasteiger partial charge < -0.3 is 24.7 Å². The molecule has 24 heavy (non-hydrogen) atoms. The zero-order valence-corrected chi connectivity index (χ0v) is 17.6. The van der Waals surface area contributed by atoms with Gasteiger partial charge in [-0.05, 0) is 12.3 Å². The molecule has 0 saturated heterocycles. The Labute approximate surface area is 162 Å². The summed E-state index contributed by atoms with van der Waals surface area (Å²) in [5.74, 6) is 2.39. The Kier molecular flexibility index (Phi) is 13.9. The van der Waals surface area contributed by atoms with E-state index in [0.717, 1.165) is 31.3 Å². The molecule has 2 N–H and O–H groups in total. The van der Waals surface area contributed by atoms with Gasteiger partial charge in [-0.2, -0.15) is 0 Å². The van der Waals surface area contributed by atoms with Crippen LogP contribution < -0.4 is 10.6 Å². The number of aliphatic imine (C=N–C) groups is 1. The number of ether oxygens (including phenoxy) is 2. The highest BCUT2D eigenvalue weighted by Gasteiger charge is 2.05. The van der Waals surface area contributed by atoms with Gasteiger partial charge >= 0.3 is 0 Å². The molecule has 1 aromatic heterocycles. The zero-order valence-electron chi connectivity index (χ0n) is 15.2. The summed E-state index contributed by atoms with van der Waals surface area (Å²) in [7, 11) is 3.44. The molecular formula is C16H32IN5O2. The third-order valence-corrected chi connectivity index (χ3v) is 3.19. The van der Waals surface area contributed by atoms with E-state index in [4.69, 9.17) is 9.47 Å². The summed E-state index contributed by atoms with van der Waals surface area (Å²) in [5.41, 5.74) is 0. The normalized spacial score (nSPS) is 11.5. The van der Waals surface area contributed by atoms with E-state index in [1.165, 1.54) is 0 Å². The fourth-order valence-electron chi connectivity index (χ4n) is 2.08. The maximum Gasteiger partial charge on any atom is 0.191 e. The molecule has 0 aliphatic carbocycles. The van der Waals surface area contributed by atoms with E-state index in [-0.39, 0.29) is 24.0 Å². The molecule has 0 aliphatic heterocycles. The monoisotopic (exact) mass is 453 g/mol. The van der Waals surface area contributed by atoms with Crippen LogP contribution in [0.1, 0.15) is 26.1 Å². The predicted octanol–water partition coefficient (Wildman–Crippen LogP) is 1.88. The summed E-state index contributed by atoms with van der Waals surface area (Å²) in [6.07, 6.45) is 4.78. The number of nitrogens with zero attached hydrogens (tertiary/aromatic N) is 3. The van der Waals surface area contributed by atoms with Crippen molar-refractivity contribution in [3.05, 3.63) is 18.2 Å². The van der Waals surface area contributed by atoms with Gasteiger partial charge in [0, 0.05) is 46.2 Å². The molecule has 0 aliphatic rings. The highest BCUT2D eigenvalue weighted by molar-refractivity contribution is 14.0. The van der Waals surface area contributed by atoms with Crippen LogP contribution in [0.15, 0.2) is 17.4 Å². The number of hydrogen-bond donors (Lipinski definition) is 2. The van der Waals surface area contributed by atoms with E-state index in [1.54, 1.807) is 14.2 Å². The van der Waals surface area contributed by atoms with Gasteiger partial charge in [-0.1, -0.05) is 13.8 Å². The van der Waals surface area contributed by atoms with Crippen molar-refractivity contribution in [1.82, 2.24) is 20.2 Å². The Bertz CT molecular complexity index is 451. The molecule has 1 heterocycles. The van der Waals surface area contributed by atoms with Crippen LogP contribution in [-0.2, 0) is 22.6 Å². The molecule has 7 nitrogen and oxygen atoms in total. The Balaban J connectivity index is 0.00000529. The largest absolute Gasteiger partial charge is 0.382 e. The first-order chi connectivity index (χ1) is 11.2. The van der Waals surface area contributed by atoms with Crippen LogP contribution in [0, 0.1) is 5.92 Å². The van der Waals surface area contributed by atoms with E-state index < -0.39 is 0 Å². The van der Waals surface area contributed by atoms with Crippen molar-refractivity contribution in [2.24, 2.45) is 10.9 Å². The highest BCUT2D eigenvalue weighted by atomic mass is 127. The fourth-order valence-corrected chi connectivity index (χ4v) is 2.08. The van der Waals surface area contributed by atoms with Crippen molar-refractivity contribution >= 4 is 29.9 Å². The number of methoxy groups -OCH3 is 1. The van der Waals surface area contributed by atoms with Gasteiger partial charge in [-0.3, -0.25) is 4.99 Å². The van der Waals surface area contributed by atoms with E-state index in [2.05, 4.69) is 39.0 Å². The van der Waals surface area contributed by atoms with Crippen LogP contribution >= 0.6 is 24.0 Å². The minimum Gasteiger partial charge on any atom is -0.382 e. The van der Waals surface area contributed by atoms with E-state index in [0.29, 0.717) is 32.3 Å². The second-order valence-electron chi connectivity index (χ2n) is 5.70. The van der Waals surface area contributed by atoms with Gasteiger partial charge in [0.15, 0.2) is 5.96 Å². The first kappa shape index (κ1) is 23.1. The van der Waals surface area contributed by atoms with Gasteiger partial charge in [0.2, 0.25) is 0 Å². The van der Waals surface area contributed by atoms with Gasteiger partial charge in [-0.25, -0.2) is 4.98 Å². The molecule has 1 aromatic rings. The number of guanidine groups is 1. The van der Waals surface area contributed by atoms with Crippen molar-refractivity contribution < 1.29 is 9.47 Å². The molecule has 0 amide bonds. The summed E-state index contributed by atoms with van der Waals surface area (Å²) in [6.45, 7) is 8.84. The van der Waals surface area contributed by atoms with Crippen molar-refractivity contribution in [2.75, 3.05) is 40.5 Å². The van der Waals surface area contributed by atoms with Gasteiger partial charge in [-0.15, -0.1) is 24.0 Å². The number of halogens is 1. The maximum absolute atomic E-state index is 5.42. The molecule has 0 spiro atoms. The lowest BCUT2D eigenvalue weighted by Crippen LogP contribution is -2.38. The molecule has 0 unspecified atom stereocenters. The van der Waals surface area contributed by atoms with Crippen LogP contribution in [-0.4, -0.2) is 56.0 Å². The van der Waals surface area contributed by atoms with Gasteiger partial charge in [0.25, 0.3) is 0 Å². The smallest absolute Gasteiger partial charge is 0.191 e. The van der Waals surface area contributed by atoms with Crippen LogP contribution in [0.5, 0.6) is 0 Å². The lowest BCUT2D eigenvalue weighted by molar-refractivity contribution is 0.0698. The summed E-state index contributed by atoms with van der Waals surface area (Å²) < 4.78 is 12.5. The van der Waals surface area contributed by atoms with Gasteiger partial charge in [0.1, 0.15) is 5.82 Å².